The van der Waals surface area contributed by atoms with Crippen molar-refractivity contribution in [1.82, 2.24) is 4.57 Å². The summed E-state index contributed by atoms with van der Waals surface area (Å²) in [7, 11) is 0. The largest absolute Gasteiger partial charge is 0.317 e. The van der Waals surface area contributed by atoms with Crippen LogP contribution in [-0.4, -0.2) is 10.5 Å². The molecule has 0 N–H and O–H groups in total. The third kappa shape index (κ3) is 3.27. The second-order valence-corrected chi connectivity index (χ2v) is 6.72. The van der Waals surface area contributed by atoms with E-state index < -0.39 is 0 Å². The predicted molar refractivity (Wildman–Crippen MR) is 95.7 cm³/mol. The van der Waals surface area contributed by atoms with Gasteiger partial charge in [-0.3, -0.25) is 4.79 Å². The Balaban J connectivity index is 1.96. The molecule has 0 aliphatic carbocycles. The second kappa shape index (κ2) is 6.50. The predicted octanol–water partition coefficient (Wildman–Crippen LogP) is 4.01. The first-order chi connectivity index (χ1) is 11.1. The number of benzene rings is 2. The molecule has 0 radical (unpaired) electrons. The van der Waals surface area contributed by atoms with E-state index in [1.807, 2.05) is 31.2 Å². The number of aromatic nitrogens is 1. The number of nitrogens with zero attached hydrogens (tertiary/aromatic N) is 2. The second-order valence-electron chi connectivity index (χ2n) is 5.71. The Morgan fingerprint density at radius 2 is 1.96 bits per heavy atom. The minimum absolute atomic E-state index is 0.0919. The van der Waals surface area contributed by atoms with Crippen molar-refractivity contribution >= 4 is 27.5 Å². The lowest BCUT2D eigenvalue weighted by atomic mass is 10.0. The molecule has 118 valence electrons. The summed E-state index contributed by atoms with van der Waals surface area (Å²) in [4.78, 5) is 17.5. The van der Waals surface area contributed by atoms with Gasteiger partial charge in [0.15, 0.2) is 4.80 Å². The number of hydrogen-bond acceptors (Lipinski definition) is 2. The third-order valence-electron chi connectivity index (χ3n) is 3.96. The zero-order valence-electron chi connectivity index (χ0n) is 13.7. The van der Waals surface area contributed by atoms with Crippen molar-refractivity contribution in [1.29, 1.82) is 0 Å². The highest BCUT2D eigenvalue weighted by molar-refractivity contribution is 7.16. The van der Waals surface area contributed by atoms with Crippen LogP contribution in [0, 0.1) is 13.8 Å². The van der Waals surface area contributed by atoms with E-state index >= 15 is 0 Å². The molecule has 0 atom stereocenters. The number of thiazole rings is 1. The molecule has 0 unspecified atom stereocenters. The molecule has 0 aliphatic rings. The van der Waals surface area contributed by atoms with Gasteiger partial charge < -0.3 is 4.57 Å². The molecule has 23 heavy (non-hydrogen) atoms. The first-order valence-electron chi connectivity index (χ1n) is 7.80. The first kappa shape index (κ1) is 15.7. The van der Waals surface area contributed by atoms with Gasteiger partial charge in [-0.1, -0.05) is 47.2 Å². The summed E-state index contributed by atoms with van der Waals surface area (Å²) >= 11 is 1.57. The molecule has 3 aromatic rings. The summed E-state index contributed by atoms with van der Waals surface area (Å²) in [5, 5.41) is 0. The molecular formula is C19H20N2OS. The van der Waals surface area contributed by atoms with Gasteiger partial charge in [0, 0.05) is 6.54 Å². The highest BCUT2D eigenvalue weighted by Crippen LogP contribution is 2.17. The fraction of sp³-hybridized carbons (Fsp3) is 0.263. The molecule has 0 fully saturated rings. The molecule has 3 nitrogen and oxygen atoms in total. The quantitative estimate of drug-likeness (QED) is 0.717. The van der Waals surface area contributed by atoms with Gasteiger partial charge in [0.25, 0.3) is 5.91 Å². The minimum Gasteiger partial charge on any atom is -0.317 e. The Morgan fingerprint density at radius 3 is 2.70 bits per heavy atom. The fourth-order valence-electron chi connectivity index (χ4n) is 2.77. The number of fused-ring (bicyclic) bond motifs is 1. The van der Waals surface area contributed by atoms with E-state index in [1.54, 1.807) is 11.3 Å². The number of amides is 1. The first-order valence-corrected chi connectivity index (χ1v) is 8.62. The summed E-state index contributed by atoms with van der Waals surface area (Å²) in [6.07, 6.45) is 0.351. The van der Waals surface area contributed by atoms with Crippen LogP contribution in [0.15, 0.2) is 47.5 Å². The average Bonchev–Trinajstić information content (AvgIpc) is 2.87. The van der Waals surface area contributed by atoms with Crippen molar-refractivity contribution in [2.75, 3.05) is 0 Å². The molecule has 0 spiro atoms. The van der Waals surface area contributed by atoms with Crippen LogP contribution >= 0.6 is 11.3 Å². The molecule has 1 amide bonds. The SMILES string of the molecule is CCn1c(=NC(=O)Cc2ccc(C)cc2C)sc2ccccc21. The number of hydrogen-bond donors (Lipinski definition) is 0. The van der Waals surface area contributed by atoms with Gasteiger partial charge in [-0.25, -0.2) is 0 Å². The van der Waals surface area contributed by atoms with Crippen molar-refractivity contribution in [2.45, 2.75) is 33.7 Å². The van der Waals surface area contributed by atoms with Gasteiger partial charge in [-0.05, 0) is 44.0 Å². The van der Waals surface area contributed by atoms with Crippen molar-refractivity contribution in [3.05, 3.63) is 64.0 Å². The van der Waals surface area contributed by atoms with E-state index in [-0.39, 0.29) is 5.91 Å². The Hall–Kier alpha value is -2.20. The average molecular weight is 324 g/mol. The molecule has 2 aromatic carbocycles. The van der Waals surface area contributed by atoms with Crippen LogP contribution in [0.1, 0.15) is 23.6 Å². The van der Waals surface area contributed by atoms with Crippen LogP contribution in [0.4, 0.5) is 0 Å². The summed E-state index contributed by atoms with van der Waals surface area (Å²) < 4.78 is 3.26. The van der Waals surface area contributed by atoms with Crippen molar-refractivity contribution < 1.29 is 4.79 Å². The number of aryl methyl sites for hydroxylation is 3. The lowest BCUT2D eigenvalue weighted by molar-refractivity contribution is -0.117. The molecule has 0 bridgehead atoms. The lowest BCUT2D eigenvalue weighted by Crippen LogP contribution is -2.16. The van der Waals surface area contributed by atoms with Gasteiger partial charge in [0.2, 0.25) is 0 Å². The molecule has 0 aliphatic heterocycles. The van der Waals surface area contributed by atoms with E-state index in [0.29, 0.717) is 6.42 Å². The maximum absolute atomic E-state index is 12.4. The van der Waals surface area contributed by atoms with Crippen molar-refractivity contribution in [3.8, 4) is 0 Å². The van der Waals surface area contributed by atoms with E-state index in [0.717, 1.165) is 32.7 Å². The van der Waals surface area contributed by atoms with Gasteiger partial charge in [0.05, 0.1) is 16.6 Å². The van der Waals surface area contributed by atoms with Gasteiger partial charge in [-0.2, -0.15) is 4.99 Å². The van der Waals surface area contributed by atoms with Crippen LogP contribution in [0.3, 0.4) is 0 Å². The molecule has 3 rings (SSSR count). The van der Waals surface area contributed by atoms with Gasteiger partial charge in [0.1, 0.15) is 0 Å². The maximum Gasteiger partial charge on any atom is 0.252 e. The molecular weight excluding hydrogens is 304 g/mol. The Bertz CT molecular complexity index is 934. The Morgan fingerprint density at radius 1 is 1.17 bits per heavy atom. The third-order valence-corrected chi connectivity index (χ3v) is 5.02. The molecule has 4 heteroatoms. The molecule has 1 aromatic heterocycles. The molecule has 1 heterocycles. The summed E-state index contributed by atoms with van der Waals surface area (Å²) in [5.41, 5.74) is 4.55. The zero-order valence-corrected chi connectivity index (χ0v) is 14.5. The van der Waals surface area contributed by atoms with Crippen LogP contribution < -0.4 is 4.80 Å². The Kier molecular flexibility index (Phi) is 4.44. The van der Waals surface area contributed by atoms with Gasteiger partial charge >= 0.3 is 0 Å². The maximum atomic E-state index is 12.4. The standard InChI is InChI=1S/C19H20N2OS/c1-4-21-16-7-5-6-8-17(16)23-19(21)20-18(22)12-15-10-9-13(2)11-14(15)3/h5-11H,4,12H2,1-3H3. The highest BCUT2D eigenvalue weighted by atomic mass is 32.1. The van der Waals surface area contributed by atoms with Gasteiger partial charge in [-0.15, -0.1) is 0 Å². The Labute approximate surface area is 139 Å². The number of rotatable bonds is 3. The van der Waals surface area contributed by atoms with E-state index in [9.17, 15) is 4.79 Å². The monoisotopic (exact) mass is 324 g/mol. The van der Waals surface area contributed by atoms with Crippen molar-refractivity contribution in [3.63, 3.8) is 0 Å². The zero-order chi connectivity index (χ0) is 16.4. The molecule has 0 saturated heterocycles. The summed E-state index contributed by atoms with van der Waals surface area (Å²) in [6.45, 7) is 6.98. The fourth-order valence-corrected chi connectivity index (χ4v) is 3.88. The van der Waals surface area contributed by atoms with E-state index in [4.69, 9.17) is 0 Å². The number of carbonyl (C=O) groups excluding carboxylic acids is 1. The normalized spacial score (nSPS) is 12.0. The van der Waals surface area contributed by atoms with E-state index in [1.165, 1.54) is 5.56 Å². The van der Waals surface area contributed by atoms with E-state index in [2.05, 4.69) is 41.6 Å². The minimum atomic E-state index is -0.0919. The van der Waals surface area contributed by atoms with Crippen LogP contribution in [0.5, 0.6) is 0 Å². The van der Waals surface area contributed by atoms with Crippen molar-refractivity contribution in [2.24, 2.45) is 4.99 Å². The van der Waals surface area contributed by atoms with Crippen LogP contribution in [0.2, 0.25) is 0 Å². The number of carbonyl (C=O) groups is 1. The smallest absolute Gasteiger partial charge is 0.252 e. The number of para-hydroxylation sites is 1. The summed E-state index contributed by atoms with van der Waals surface area (Å²) in [5.74, 6) is -0.0919. The topological polar surface area (TPSA) is 34.4 Å². The molecule has 0 saturated carbocycles. The lowest BCUT2D eigenvalue weighted by Gasteiger charge is -2.04. The van der Waals surface area contributed by atoms with Crippen LogP contribution in [0.25, 0.3) is 10.2 Å². The summed E-state index contributed by atoms with van der Waals surface area (Å²) in [6, 6.07) is 14.3. The highest BCUT2D eigenvalue weighted by Gasteiger charge is 2.08. The van der Waals surface area contributed by atoms with Crippen LogP contribution in [-0.2, 0) is 17.8 Å².